The Labute approximate surface area is 113 Å². The molecule has 1 fully saturated rings. The first-order valence-corrected chi connectivity index (χ1v) is 6.78. The molecule has 19 heavy (non-hydrogen) atoms. The summed E-state index contributed by atoms with van der Waals surface area (Å²) >= 11 is 0. The lowest BCUT2D eigenvalue weighted by atomic mass is 9.99. The van der Waals surface area contributed by atoms with Crippen molar-refractivity contribution in [3.8, 4) is 5.69 Å². The van der Waals surface area contributed by atoms with Crippen LogP contribution in [0.15, 0.2) is 42.7 Å². The second kappa shape index (κ2) is 5.15. The molecule has 1 aromatic carbocycles. The largest absolute Gasteiger partial charge is 0.330 e. The molecule has 0 spiro atoms. The lowest BCUT2D eigenvalue weighted by Gasteiger charge is -2.20. The maximum Gasteiger partial charge on any atom is 0.0648 e. The van der Waals surface area contributed by atoms with Gasteiger partial charge in [-0.1, -0.05) is 12.1 Å². The summed E-state index contributed by atoms with van der Waals surface area (Å²) in [6.45, 7) is 1.87. The fourth-order valence-electron chi connectivity index (χ4n) is 2.96. The third kappa shape index (κ3) is 2.41. The minimum Gasteiger partial charge on any atom is -0.330 e. The monoisotopic (exact) mass is 256 g/mol. The molecule has 1 aromatic heterocycles. The Bertz CT molecular complexity index is 535. The normalized spacial score (nSPS) is 23.9. The number of likely N-dealkylation sites (tertiary alicyclic amines) is 1. The van der Waals surface area contributed by atoms with Crippen LogP contribution >= 0.6 is 0 Å². The Morgan fingerprint density at radius 1 is 1.37 bits per heavy atom. The predicted molar refractivity (Wildman–Crippen MR) is 76.1 cm³/mol. The highest BCUT2D eigenvalue weighted by Crippen LogP contribution is 2.34. The lowest BCUT2D eigenvalue weighted by Crippen LogP contribution is -2.20. The third-order valence-electron chi connectivity index (χ3n) is 3.99. The minimum absolute atomic E-state index is 0.476. The van der Waals surface area contributed by atoms with Gasteiger partial charge in [-0.15, -0.1) is 0 Å². The Hall–Kier alpha value is -1.65. The van der Waals surface area contributed by atoms with Crippen molar-refractivity contribution in [2.24, 2.45) is 11.7 Å². The molecular formula is C15H20N4. The number of hydrogen-bond acceptors (Lipinski definition) is 3. The highest BCUT2D eigenvalue weighted by molar-refractivity contribution is 5.36. The van der Waals surface area contributed by atoms with E-state index in [0.29, 0.717) is 12.0 Å². The van der Waals surface area contributed by atoms with E-state index in [9.17, 15) is 0 Å². The first-order valence-electron chi connectivity index (χ1n) is 6.78. The van der Waals surface area contributed by atoms with Crippen molar-refractivity contribution < 1.29 is 0 Å². The Morgan fingerprint density at radius 3 is 2.95 bits per heavy atom. The molecule has 2 atom stereocenters. The molecule has 1 saturated heterocycles. The van der Waals surface area contributed by atoms with Gasteiger partial charge in [0.15, 0.2) is 0 Å². The quantitative estimate of drug-likeness (QED) is 0.911. The fraction of sp³-hybridized carbons (Fsp3) is 0.400. The number of aromatic nitrogens is 2. The molecule has 0 bridgehead atoms. The second-order valence-electron chi connectivity index (χ2n) is 5.34. The van der Waals surface area contributed by atoms with Crippen molar-refractivity contribution >= 4 is 0 Å². The van der Waals surface area contributed by atoms with Crippen LogP contribution in [0.25, 0.3) is 5.69 Å². The van der Waals surface area contributed by atoms with Gasteiger partial charge in [-0.25, -0.2) is 4.68 Å². The van der Waals surface area contributed by atoms with E-state index in [1.165, 1.54) is 5.56 Å². The van der Waals surface area contributed by atoms with Crippen LogP contribution in [0.1, 0.15) is 18.0 Å². The van der Waals surface area contributed by atoms with Crippen molar-refractivity contribution in [1.29, 1.82) is 0 Å². The van der Waals surface area contributed by atoms with Gasteiger partial charge < -0.3 is 5.73 Å². The number of nitrogens with zero attached hydrogens (tertiary/aromatic N) is 3. The average molecular weight is 256 g/mol. The zero-order valence-electron chi connectivity index (χ0n) is 11.2. The number of nitrogens with two attached hydrogens (primary N) is 1. The first-order chi connectivity index (χ1) is 9.28. The SMILES string of the molecule is CN1CC(CN)CC1c1cccc(-n2cccn2)c1. The third-order valence-corrected chi connectivity index (χ3v) is 3.99. The van der Waals surface area contributed by atoms with Gasteiger partial charge in [-0.3, -0.25) is 4.90 Å². The van der Waals surface area contributed by atoms with Crippen LogP contribution in [-0.4, -0.2) is 34.8 Å². The van der Waals surface area contributed by atoms with E-state index >= 15 is 0 Å². The van der Waals surface area contributed by atoms with E-state index in [1.807, 2.05) is 16.9 Å². The van der Waals surface area contributed by atoms with Gasteiger partial charge in [0.2, 0.25) is 0 Å². The maximum absolute atomic E-state index is 5.80. The number of hydrogen-bond donors (Lipinski definition) is 1. The molecule has 2 unspecified atom stereocenters. The van der Waals surface area contributed by atoms with Crippen molar-refractivity contribution in [3.05, 3.63) is 48.3 Å². The zero-order chi connectivity index (χ0) is 13.2. The summed E-state index contributed by atoms with van der Waals surface area (Å²) in [7, 11) is 2.18. The Balaban J connectivity index is 1.88. The first kappa shape index (κ1) is 12.4. The molecule has 1 aliphatic heterocycles. The van der Waals surface area contributed by atoms with Crippen LogP contribution in [0.2, 0.25) is 0 Å². The fourth-order valence-corrected chi connectivity index (χ4v) is 2.96. The molecule has 0 saturated carbocycles. The zero-order valence-corrected chi connectivity index (χ0v) is 11.2. The van der Waals surface area contributed by atoms with Gasteiger partial charge in [-0.05, 0) is 49.7 Å². The topological polar surface area (TPSA) is 47.1 Å². The molecule has 4 heteroatoms. The van der Waals surface area contributed by atoms with Crippen LogP contribution in [-0.2, 0) is 0 Å². The molecule has 0 aliphatic carbocycles. The van der Waals surface area contributed by atoms with E-state index in [-0.39, 0.29) is 0 Å². The van der Waals surface area contributed by atoms with E-state index in [2.05, 4.69) is 41.3 Å². The Morgan fingerprint density at radius 2 is 2.26 bits per heavy atom. The molecule has 1 aliphatic rings. The van der Waals surface area contributed by atoms with Crippen LogP contribution in [0.4, 0.5) is 0 Å². The van der Waals surface area contributed by atoms with Gasteiger partial charge in [0, 0.05) is 25.0 Å². The summed E-state index contributed by atoms with van der Waals surface area (Å²) in [5.74, 6) is 0.614. The van der Waals surface area contributed by atoms with Crippen molar-refractivity contribution in [1.82, 2.24) is 14.7 Å². The highest BCUT2D eigenvalue weighted by Gasteiger charge is 2.29. The van der Waals surface area contributed by atoms with E-state index < -0.39 is 0 Å². The molecule has 2 heterocycles. The molecule has 4 nitrogen and oxygen atoms in total. The van der Waals surface area contributed by atoms with Crippen LogP contribution in [0.3, 0.4) is 0 Å². The van der Waals surface area contributed by atoms with E-state index in [0.717, 1.165) is 25.2 Å². The molecule has 2 N–H and O–H groups in total. The summed E-state index contributed by atoms with van der Waals surface area (Å²) in [5.41, 5.74) is 8.27. The summed E-state index contributed by atoms with van der Waals surface area (Å²) < 4.78 is 1.90. The maximum atomic E-state index is 5.80. The second-order valence-corrected chi connectivity index (χ2v) is 5.34. The number of rotatable bonds is 3. The van der Waals surface area contributed by atoms with Gasteiger partial charge >= 0.3 is 0 Å². The molecule has 0 radical (unpaired) electrons. The van der Waals surface area contributed by atoms with Crippen molar-refractivity contribution in [2.75, 3.05) is 20.1 Å². The summed E-state index contributed by atoms with van der Waals surface area (Å²) in [4.78, 5) is 2.40. The average Bonchev–Trinajstić information content (AvgIpc) is 3.08. The molecule has 2 aromatic rings. The van der Waals surface area contributed by atoms with E-state index in [1.54, 1.807) is 6.20 Å². The van der Waals surface area contributed by atoms with Crippen LogP contribution in [0, 0.1) is 5.92 Å². The molecular weight excluding hydrogens is 236 g/mol. The molecule has 0 amide bonds. The van der Waals surface area contributed by atoms with Gasteiger partial charge in [-0.2, -0.15) is 5.10 Å². The minimum atomic E-state index is 0.476. The standard InChI is InChI=1S/C15H20N4/c1-18-11-12(10-16)8-15(18)13-4-2-5-14(9-13)19-7-3-6-17-19/h2-7,9,12,15H,8,10-11,16H2,1H3. The molecule has 100 valence electrons. The van der Waals surface area contributed by atoms with Gasteiger partial charge in [0.1, 0.15) is 0 Å². The highest BCUT2D eigenvalue weighted by atomic mass is 15.3. The van der Waals surface area contributed by atoms with Crippen LogP contribution < -0.4 is 5.73 Å². The summed E-state index contributed by atoms with van der Waals surface area (Å²) in [6.07, 6.45) is 4.93. The summed E-state index contributed by atoms with van der Waals surface area (Å²) in [5, 5.41) is 4.29. The van der Waals surface area contributed by atoms with E-state index in [4.69, 9.17) is 5.73 Å². The lowest BCUT2D eigenvalue weighted by molar-refractivity contribution is 0.313. The van der Waals surface area contributed by atoms with Crippen molar-refractivity contribution in [3.63, 3.8) is 0 Å². The van der Waals surface area contributed by atoms with Gasteiger partial charge in [0.05, 0.1) is 5.69 Å². The molecule has 3 rings (SSSR count). The Kier molecular flexibility index (Phi) is 3.36. The van der Waals surface area contributed by atoms with Crippen LogP contribution in [0.5, 0.6) is 0 Å². The smallest absolute Gasteiger partial charge is 0.0648 e. The van der Waals surface area contributed by atoms with Gasteiger partial charge in [0.25, 0.3) is 0 Å². The number of benzene rings is 1. The van der Waals surface area contributed by atoms with Crippen molar-refractivity contribution in [2.45, 2.75) is 12.5 Å². The predicted octanol–water partition coefficient (Wildman–Crippen LogP) is 1.82. The summed E-state index contributed by atoms with van der Waals surface area (Å²) in [6, 6.07) is 11.0.